The Morgan fingerprint density at radius 1 is 1.18 bits per heavy atom. The van der Waals surface area contributed by atoms with Crippen LogP contribution in [0.4, 0.5) is 0 Å². The Labute approximate surface area is 137 Å². The second-order valence-corrected chi connectivity index (χ2v) is 7.16. The molecule has 2 nitrogen and oxygen atoms in total. The molecule has 3 rings (SSSR count). The molecule has 1 heterocycles. The number of fused-ring (bicyclic) bond motifs is 1. The molecule has 1 aliphatic heterocycles. The molecule has 2 aromatic rings. The van der Waals surface area contributed by atoms with Crippen LogP contribution in [-0.4, -0.2) is 36.9 Å². The summed E-state index contributed by atoms with van der Waals surface area (Å²) in [6.45, 7) is 1.05. The molecule has 116 valence electrons. The van der Waals surface area contributed by atoms with Gasteiger partial charge in [-0.05, 0) is 43.8 Å². The van der Waals surface area contributed by atoms with Crippen molar-refractivity contribution in [2.75, 3.05) is 20.6 Å². The summed E-state index contributed by atoms with van der Waals surface area (Å²) < 4.78 is 6.47. The monoisotopic (exact) mass is 313 g/mol. The molecule has 0 bridgehead atoms. The van der Waals surface area contributed by atoms with Crippen molar-refractivity contribution in [2.24, 2.45) is 0 Å². The molecule has 1 aliphatic rings. The molecule has 2 atom stereocenters. The lowest BCUT2D eigenvalue weighted by molar-refractivity contribution is 0.176. The number of nitrogens with zero attached hydrogens (tertiary/aromatic N) is 1. The van der Waals surface area contributed by atoms with Gasteiger partial charge in [-0.3, -0.25) is 0 Å². The summed E-state index contributed by atoms with van der Waals surface area (Å²) in [7, 11) is 4.24. The molecule has 22 heavy (non-hydrogen) atoms. The van der Waals surface area contributed by atoms with E-state index in [2.05, 4.69) is 72.9 Å². The molecule has 0 fully saturated rings. The van der Waals surface area contributed by atoms with Crippen molar-refractivity contribution in [1.29, 1.82) is 0 Å². The van der Waals surface area contributed by atoms with Crippen LogP contribution in [0.2, 0.25) is 0 Å². The lowest BCUT2D eigenvalue weighted by Gasteiger charge is -2.26. The van der Waals surface area contributed by atoms with E-state index in [0.717, 1.165) is 25.1 Å². The second-order valence-electron chi connectivity index (χ2n) is 6.01. The maximum Gasteiger partial charge on any atom is 0.127 e. The average molecular weight is 313 g/mol. The van der Waals surface area contributed by atoms with E-state index in [-0.39, 0.29) is 6.10 Å². The topological polar surface area (TPSA) is 12.5 Å². The van der Waals surface area contributed by atoms with Crippen LogP contribution in [0.3, 0.4) is 0 Å². The number of ether oxygens (including phenoxy) is 1. The van der Waals surface area contributed by atoms with Gasteiger partial charge in [-0.15, -0.1) is 11.8 Å². The van der Waals surface area contributed by atoms with Gasteiger partial charge in [0.15, 0.2) is 0 Å². The summed E-state index contributed by atoms with van der Waals surface area (Å²) in [5, 5.41) is 5.18. The molecule has 0 aliphatic carbocycles. The first-order valence-corrected chi connectivity index (χ1v) is 8.78. The molecule has 0 N–H and O–H groups in total. The Bertz CT molecular complexity index is 639. The molecule has 2 aromatic carbocycles. The minimum Gasteiger partial charge on any atom is -0.489 e. The van der Waals surface area contributed by atoms with Crippen molar-refractivity contribution in [3.63, 3.8) is 0 Å². The lowest BCUT2D eigenvalue weighted by Crippen LogP contribution is -2.31. The van der Waals surface area contributed by atoms with Crippen molar-refractivity contribution in [3.05, 3.63) is 53.9 Å². The number of rotatable bonds is 6. The molecule has 0 amide bonds. The van der Waals surface area contributed by atoms with E-state index in [0.29, 0.717) is 5.25 Å². The summed E-state index contributed by atoms with van der Waals surface area (Å²) in [5.41, 5.74) is 0. The van der Waals surface area contributed by atoms with Crippen LogP contribution >= 0.6 is 11.8 Å². The van der Waals surface area contributed by atoms with Gasteiger partial charge < -0.3 is 9.64 Å². The van der Waals surface area contributed by atoms with Crippen LogP contribution in [-0.2, 0) is 0 Å². The highest BCUT2D eigenvalue weighted by molar-refractivity contribution is 8.03. The first-order valence-electron chi connectivity index (χ1n) is 7.83. The van der Waals surface area contributed by atoms with Gasteiger partial charge in [0, 0.05) is 17.2 Å². The van der Waals surface area contributed by atoms with Crippen molar-refractivity contribution < 1.29 is 4.74 Å². The predicted molar refractivity (Wildman–Crippen MR) is 96.7 cm³/mol. The van der Waals surface area contributed by atoms with Crippen LogP contribution in [0, 0.1) is 0 Å². The van der Waals surface area contributed by atoms with Crippen LogP contribution in [0.25, 0.3) is 10.8 Å². The van der Waals surface area contributed by atoms with Crippen molar-refractivity contribution >= 4 is 22.5 Å². The lowest BCUT2D eigenvalue weighted by atomic mass is 10.1. The summed E-state index contributed by atoms with van der Waals surface area (Å²) in [4.78, 5) is 2.23. The smallest absolute Gasteiger partial charge is 0.127 e. The zero-order valence-electron chi connectivity index (χ0n) is 13.2. The molecular weight excluding hydrogens is 290 g/mol. The average Bonchev–Trinajstić information content (AvgIpc) is 3.05. The fourth-order valence-electron chi connectivity index (χ4n) is 2.81. The number of hydrogen-bond acceptors (Lipinski definition) is 3. The molecule has 0 saturated carbocycles. The van der Waals surface area contributed by atoms with Gasteiger partial charge in [-0.1, -0.05) is 42.5 Å². The molecular formula is C19H23NOS. The van der Waals surface area contributed by atoms with E-state index in [1.807, 2.05) is 11.8 Å². The second kappa shape index (κ2) is 7.21. The Kier molecular flexibility index (Phi) is 5.06. The molecule has 0 saturated heterocycles. The third kappa shape index (κ3) is 3.65. The van der Waals surface area contributed by atoms with Crippen molar-refractivity contribution in [2.45, 2.75) is 24.2 Å². The third-order valence-electron chi connectivity index (χ3n) is 4.02. The number of hydrogen-bond donors (Lipinski definition) is 0. The van der Waals surface area contributed by atoms with Gasteiger partial charge in [0.25, 0.3) is 0 Å². The summed E-state index contributed by atoms with van der Waals surface area (Å²) >= 11 is 1.90. The molecule has 0 spiro atoms. The van der Waals surface area contributed by atoms with Crippen LogP contribution in [0.15, 0.2) is 53.9 Å². The quantitative estimate of drug-likeness (QED) is 0.776. The van der Waals surface area contributed by atoms with E-state index in [1.54, 1.807) is 0 Å². The molecule has 0 aromatic heterocycles. The van der Waals surface area contributed by atoms with Crippen molar-refractivity contribution in [1.82, 2.24) is 4.90 Å². The first kappa shape index (κ1) is 15.4. The van der Waals surface area contributed by atoms with Crippen LogP contribution < -0.4 is 4.74 Å². The minimum absolute atomic E-state index is 0.244. The summed E-state index contributed by atoms with van der Waals surface area (Å²) in [6.07, 6.45) is 4.65. The highest BCUT2D eigenvalue weighted by Crippen LogP contribution is 2.33. The fourth-order valence-corrected chi connectivity index (χ4v) is 3.82. The summed E-state index contributed by atoms with van der Waals surface area (Å²) in [6, 6.07) is 14.8. The van der Waals surface area contributed by atoms with Gasteiger partial charge in [0.2, 0.25) is 0 Å². The highest BCUT2D eigenvalue weighted by atomic mass is 32.2. The SMILES string of the molecule is CN(C)CC[C@H](Oc1cccc2ccccc12)C1CC=CS1. The Morgan fingerprint density at radius 3 is 2.77 bits per heavy atom. The molecule has 0 radical (unpaired) electrons. The maximum atomic E-state index is 6.47. The van der Waals surface area contributed by atoms with E-state index in [4.69, 9.17) is 4.74 Å². The zero-order chi connectivity index (χ0) is 15.4. The third-order valence-corrected chi connectivity index (χ3v) is 5.22. The standard InChI is InChI=1S/C19H23NOS/c1-20(2)13-12-18(19-11-6-14-22-19)21-17-10-5-8-15-7-3-4-9-16(15)17/h3-10,14,18-19H,11-13H2,1-2H3/t18-,19?/m0/s1. The largest absolute Gasteiger partial charge is 0.489 e. The summed E-state index contributed by atoms with van der Waals surface area (Å²) in [5.74, 6) is 1.01. The van der Waals surface area contributed by atoms with Gasteiger partial charge in [0.1, 0.15) is 11.9 Å². The van der Waals surface area contributed by atoms with E-state index < -0.39 is 0 Å². The minimum atomic E-state index is 0.244. The Hall–Kier alpha value is -1.45. The van der Waals surface area contributed by atoms with Gasteiger partial charge in [0.05, 0.1) is 0 Å². The molecule has 3 heteroatoms. The number of benzene rings is 2. The van der Waals surface area contributed by atoms with Gasteiger partial charge in [-0.25, -0.2) is 0 Å². The van der Waals surface area contributed by atoms with Gasteiger partial charge in [-0.2, -0.15) is 0 Å². The zero-order valence-corrected chi connectivity index (χ0v) is 14.1. The van der Waals surface area contributed by atoms with E-state index >= 15 is 0 Å². The van der Waals surface area contributed by atoms with Crippen LogP contribution in [0.1, 0.15) is 12.8 Å². The molecule has 1 unspecified atom stereocenters. The normalized spacial score (nSPS) is 19.0. The predicted octanol–water partition coefficient (Wildman–Crippen LogP) is 4.56. The number of thioether (sulfide) groups is 1. The Balaban J connectivity index is 1.81. The van der Waals surface area contributed by atoms with Crippen LogP contribution in [0.5, 0.6) is 5.75 Å². The highest BCUT2D eigenvalue weighted by Gasteiger charge is 2.25. The fraction of sp³-hybridized carbons (Fsp3) is 0.368. The van der Waals surface area contributed by atoms with E-state index in [1.165, 1.54) is 10.8 Å². The van der Waals surface area contributed by atoms with Gasteiger partial charge >= 0.3 is 0 Å². The number of allylic oxidation sites excluding steroid dienone is 1. The Morgan fingerprint density at radius 2 is 2.00 bits per heavy atom. The van der Waals surface area contributed by atoms with E-state index in [9.17, 15) is 0 Å². The first-order chi connectivity index (χ1) is 10.7. The van der Waals surface area contributed by atoms with Crippen molar-refractivity contribution in [3.8, 4) is 5.75 Å². The maximum absolute atomic E-state index is 6.47.